The lowest BCUT2D eigenvalue weighted by Gasteiger charge is -2.16. The minimum Gasteiger partial charge on any atom is -0.454 e. The Morgan fingerprint density at radius 2 is 1.96 bits per heavy atom. The second-order valence-electron chi connectivity index (χ2n) is 6.70. The van der Waals surface area contributed by atoms with Crippen LogP contribution in [0.3, 0.4) is 0 Å². The van der Waals surface area contributed by atoms with E-state index in [9.17, 15) is 4.79 Å². The van der Waals surface area contributed by atoms with Gasteiger partial charge < -0.3 is 19.8 Å². The summed E-state index contributed by atoms with van der Waals surface area (Å²) in [5.41, 5.74) is 2.48. The number of hydrogen-bond donors (Lipinski definition) is 2. The Bertz CT molecular complexity index is 1090. The fourth-order valence-electron chi connectivity index (χ4n) is 3.48. The molecule has 0 unspecified atom stereocenters. The van der Waals surface area contributed by atoms with Crippen molar-refractivity contribution in [1.29, 1.82) is 5.26 Å². The number of benzene rings is 2. The van der Waals surface area contributed by atoms with Gasteiger partial charge >= 0.3 is 0 Å². The maximum absolute atomic E-state index is 12.9. The molecular formula is C20H15N3O3. The van der Waals surface area contributed by atoms with Crippen molar-refractivity contribution in [3.63, 3.8) is 0 Å². The summed E-state index contributed by atoms with van der Waals surface area (Å²) in [6.07, 6.45) is 1.61. The number of aromatic nitrogens is 1. The van der Waals surface area contributed by atoms with Crippen LogP contribution in [0.2, 0.25) is 0 Å². The van der Waals surface area contributed by atoms with E-state index in [0.717, 1.165) is 35.1 Å². The highest BCUT2D eigenvalue weighted by atomic mass is 16.7. The van der Waals surface area contributed by atoms with Gasteiger partial charge in [-0.05, 0) is 48.7 Å². The minimum atomic E-state index is -0.510. The van der Waals surface area contributed by atoms with Crippen LogP contribution < -0.4 is 14.8 Å². The van der Waals surface area contributed by atoms with E-state index in [1.54, 1.807) is 6.07 Å². The number of carbonyl (C=O) groups excluding carboxylic acids is 1. The van der Waals surface area contributed by atoms with E-state index in [1.165, 1.54) is 0 Å². The molecule has 0 saturated heterocycles. The van der Waals surface area contributed by atoms with Crippen LogP contribution in [0.15, 0.2) is 42.5 Å². The van der Waals surface area contributed by atoms with Crippen LogP contribution in [0.5, 0.6) is 11.5 Å². The lowest BCUT2D eigenvalue weighted by molar-refractivity contribution is -0.118. The molecule has 1 amide bonds. The quantitative estimate of drug-likeness (QED) is 0.761. The number of hydrogen-bond acceptors (Lipinski definition) is 4. The third kappa shape index (κ3) is 2.21. The molecule has 1 saturated carbocycles. The third-order valence-corrected chi connectivity index (χ3v) is 5.11. The molecule has 2 N–H and O–H groups in total. The average molecular weight is 345 g/mol. The van der Waals surface area contributed by atoms with Gasteiger partial charge in [0.05, 0.1) is 5.41 Å². The number of nitrogens with zero attached hydrogens (tertiary/aromatic N) is 1. The van der Waals surface area contributed by atoms with Crippen molar-refractivity contribution in [2.24, 2.45) is 0 Å². The summed E-state index contributed by atoms with van der Waals surface area (Å²) >= 11 is 0. The number of anilines is 1. The summed E-state index contributed by atoms with van der Waals surface area (Å²) in [6, 6.07) is 15.2. The summed E-state index contributed by atoms with van der Waals surface area (Å²) in [5.74, 6) is 1.39. The minimum absolute atomic E-state index is 0.0252. The summed E-state index contributed by atoms with van der Waals surface area (Å²) in [5, 5.41) is 12.9. The van der Waals surface area contributed by atoms with Gasteiger partial charge in [0.25, 0.3) is 0 Å². The highest BCUT2D eigenvalue weighted by molar-refractivity contribution is 6.02. The summed E-state index contributed by atoms with van der Waals surface area (Å²) in [6.45, 7) is 0.221. The Balaban J connectivity index is 1.42. The Morgan fingerprint density at radius 3 is 2.77 bits per heavy atom. The van der Waals surface area contributed by atoms with Gasteiger partial charge in [0.1, 0.15) is 11.8 Å². The molecule has 0 spiro atoms. The zero-order valence-electron chi connectivity index (χ0n) is 13.8. The van der Waals surface area contributed by atoms with Crippen LogP contribution in [0.25, 0.3) is 10.9 Å². The van der Waals surface area contributed by atoms with E-state index >= 15 is 0 Å². The van der Waals surface area contributed by atoms with E-state index in [-0.39, 0.29) is 12.7 Å². The standard InChI is InChI=1S/C20H15N3O3/c21-10-15-7-12-1-3-14(9-16(12)22-15)23-19(24)20(5-6-20)13-2-4-17-18(8-13)26-11-25-17/h1-4,7-9,22H,5-6,11H2,(H,23,24). The first-order valence-corrected chi connectivity index (χ1v) is 8.42. The number of nitrogens with one attached hydrogen (secondary N) is 2. The van der Waals surface area contributed by atoms with Crippen LogP contribution >= 0.6 is 0 Å². The summed E-state index contributed by atoms with van der Waals surface area (Å²) < 4.78 is 10.8. The molecule has 3 aromatic rings. The lowest BCUT2D eigenvalue weighted by atomic mass is 9.94. The predicted octanol–water partition coefficient (Wildman–Crippen LogP) is 3.44. The molecule has 1 aliphatic heterocycles. The zero-order valence-corrected chi connectivity index (χ0v) is 13.8. The summed E-state index contributed by atoms with van der Waals surface area (Å²) in [7, 11) is 0. The molecule has 6 nitrogen and oxygen atoms in total. The largest absolute Gasteiger partial charge is 0.454 e. The monoisotopic (exact) mass is 345 g/mol. The van der Waals surface area contributed by atoms with Crippen molar-refractivity contribution in [3.05, 3.63) is 53.7 Å². The van der Waals surface area contributed by atoms with E-state index in [0.29, 0.717) is 17.1 Å². The number of amides is 1. The second kappa shape index (κ2) is 5.27. The molecule has 128 valence electrons. The maximum atomic E-state index is 12.9. The van der Waals surface area contributed by atoms with E-state index in [2.05, 4.69) is 16.4 Å². The first kappa shape index (κ1) is 14.8. The second-order valence-corrected chi connectivity index (χ2v) is 6.70. The maximum Gasteiger partial charge on any atom is 0.235 e. The van der Waals surface area contributed by atoms with Gasteiger partial charge in [-0.3, -0.25) is 4.79 Å². The van der Waals surface area contributed by atoms with Gasteiger partial charge in [0, 0.05) is 16.6 Å². The van der Waals surface area contributed by atoms with E-state index < -0.39 is 5.41 Å². The predicted molar refractivity (Wildman–Crippen MR) is 95.1 cm³/mol. The highest BCUT2D eigenvalue weighted by Crippen LogP contribution is 2.51. The third-order valence-electron chi connectivity index (χ3n) is 5.11. The number of aromatic amines is 1. The lowest BCUT2D eigenvalue weighted by Crippen LogP contribution is -2.27. The molecular weight excluding hydrogens is 330 g/mol. The fourth-order valence-corrected chi connectivity index (χ4v) is 3.48. The smallest absolute Gasteiger partial charge is 0.235 e. The number of fused-ring (bicyclic) bond motifs is 2. The van der Waals surface area contributed by atoms with Crippen LogP contribution in [0.1, 0.15) is 24.1 Å². The van der Waals surface area contributed by atoms with Gasteiger partial charge in [-0.2, -0.15) is 5.26 Å². The van der Waals surface area contributed by atoms with Crippen molar-refractivity contribution >= 4 is 22.5 Å². The van der Waals surface area contributed by atoms with Crippen molar-refractivity contribution in [2.45, 2.75) is 18.3 Å². The Labute approximate surface area is 149 Å². The highest BCUT2D eigenvalue weighted by Gasteiger charge is 2.51. The van der Waals surface area contributed by atoms with Crippen molar-refractivity contribution in [1.82, 2.24) is 4.98 Å². The van der Waals surface area contributed by atoms with E-state index in [4.69, 9.17) is 14.7 Å². The van der Waals surface area contributed by atoms with Gasteiger partial charge in [-0.15, -0.1) is 0 Å². The first-order chi connectivity index (χ1) is 12.7. The Kier molecular flexibility index (Phi) is 3.01. The van der Waals surface area contributed by atoms with Gasteiger partial charge in [-0.25, -0.2) is 0 Å². The van der Waals surface area contributed by atoms with Gasteiger partial charge in [0.2, 0.25) is 12.7 Å². The molecule has 1 aromatic heterocycles. The number of rotatable bonds is 3. The van der Waals surface area contributed by atoms with Crippen LogP contribution in [0, 0.1) is 11.3 Å². The number of nitriles is 1. The topological polar surface area (TPSA) is 87.1 Å². The Morgan fingerprint density at radius 1 is 1.12 bits per heavy atom. The molecule has 1 fully saturated rings. The number of H-pyrrole nitrogens is 1. The first-order valence-electron chi connectivity index (χ1n) is 8.42. The van der Waals surface area contributed by atoms with Gasteiger partial charge in [0.15, 0.2) is 11.5 Å². The molecule has 0 atom stereocenters. The van der Waals surface area contributed by atoms with Crippen molar-refractivity contribution < 1.29 is 14.3 Å². The number of carbonyl (C=O) groups is 1. The molecule has 2 aliphatic rings. The normalized spacial score (nSPS) is 16.3. The van der Waals surface area contributed by atoms with E-state index in [1.807, 2.05) is 36.4 Å². The van der Waals surface area contributed by atoms with Crippen molar-refractivity contribution in [3.8, 4) is 17.6 Å². The molecule has 26 heavy (non-hydrogen) atoms. The molecule has 2 aromatic carbocycles. The van der Waals surface area contributed by atoms with Crippen LogP contribution in [0.4, 0.5) is 5.69 Å². The molecule has 1 aliphatic carbocycles. The van der Waals surface area contributed by atoms with Crippen LogP contribution in [-0.2, 0) is 10.2 Å². The van der Waals surface area contributed by atoms with Crippen molar-refractivity contribution in [2.75, 3.05) is 12.1 Å². The molecule has 2 heterocycles. The zero-order chi connectivity index (χ0) is 17.7. The van der Waals surface area contributed by atoms with Gasteiger partial charge in [-0.1, -0.05) is 12.1 Å². The SMILES string of the molecule is N#Cc1cc2ccc(NC(=O)C3(c4ccc5c(c4)OCO5)CC3)cc2[nH]1. The Hall–Kier alpha value is -3.46. The molecule has 0 bridgehead atoms. The molecule has 0 radical (unpaired) electrons. The summed E-state index contributed by atoms with van der Waals surface area (Å²) in [4.78, 5) is 16.0. The number of ether oxygens (including phenoxy) is 2. The molecule has 6 heteroatoms. The van der Waals surface area contributed by atoms with Crippen LogP contribution in [-0.4, -0.2) is 17.7 Å². The fraction of sp³-hybridized carbons (Fsp3) is 0.200. The average Bonchev–Trinajstić information content (AvgIpc) is 3.16. The molecule has 5 rings (SSSR count).